The Morgan fingerprint density at radius 2 is 2.10 bits per heavy atom. The zero-order chi connectivity index (χ0) is 14.1. The molecule has 108 valence electrons. The van der Waals surface area contributed by atoms with Crippen molar-refractivity contribution in [2.24, 2.45) is 5.92 Å². The van der Waals surface area contributed by atoms with Crippen molar-refractivity contribution in [1.29, 1.82) is 0 Å². The molecule has 1 amide bonds. The average molecular weight is 272 g/mol. The first-order chi connectivity index (χ1) is 9.69. The first-order valence-corrected chi connectivity index (χ1v) is 7.80. The quantitative estimate of drug-likeness (QED) is 0.916. The van der Waals surface area contributed by atoms with Crippen molar-refractivity contribution in [2.45, 2.75) is 39.2 Å². The molecule has 1 N–H and O–H groups in total. The SMILES string of the molecule is CCc1cccc(C(=O)N[C@@H]2CN3CCC2CC3)c1C. The number of carbonyl (C=O) groups excluding carboxylic acids is 1. The average Bonchev–Trinajstić information content (AvgIpc) is 2.48. The monoisotopic (exact) mass is 272 g/mol. The molecular formula is C17H24N2O. The van der Waals surface area contributed by atoms with Crippen molar-refractivity contribution >= 4 is 5.91 Å². The van der Waals surface area contributed by atoms with Crippen LogP contribution < -0.4 is 5.32 Å². The Morgan fingerprint density at radius 1 is 1.35 bits per heavy atom. The summed E-state index contributed by atoms with van der Waals surface area (Å²) in [5.41, 5.74) is 3.25. The molecule has 0 aromatic heterocycles. The van der Waals surface area contributed by atoms with Gasteiger partial charge in [-0.05, 0) is 62.4 Å². The molecular weight excluding hydrogens is 248 g/mol. The summed E-state index contributed by atoms with van der Waals surface area (Å²) in [4.78, 5) is 15.0. The highest BCUT2D eigenvalue weighted by Gasteiger charge is 2.35. The third-order valence-corrected chi connectivity index (χ3v) is 5.04. The molecule has 3 heteroatoms. The molecule has 3 aliphatic heterocycles. The molecule has 2 bridgehead atoms. The van der Waals surface area contributed by atoms with Crippen LogP contribution in [-0.2, 0) is 6.42 Å². The Morgan fingerprint density at radius 3 is 2.70 bits per heavy atom. The largest absolute Gasteiger partial charge is 0.348 e. The second-order valence-electron chi connectivity index (χ2n) is 6.16. The van der Waals surface area contributed by atoms with Crippen molar-refractivity contribution in [3.05, 3.63) is 34.9 Å². The Labute approximate surface area is 121 Å². The molecule has 3 nitrogen and oxygen atoms in total. The third kappa shape index (κ3) is 2.47. The van der Waals surface area contributed by atoms with Gasteiger partial charge in [0, 0.05) is 18.2 Å². The molecule has 0 saturated carbocycles. The summed E-state index contributed by atoms with van der Waals surface area (Å²) in [5, 5.41) is 3.28. The molecule has 4 rings (SSSR count). The Bertz CT molecular complexity index is 504. The van der Waals surface area contributed by atoms with Gasteiger partial charge in [-0.15, -0.1) is 0 Å². The maximum absolute atomic E-state index is 12.5. The van der Waals surface area contributed by atoms with E-state index in [2.05, 4.69) is 30.1 Å². The van der Waals surface area contributed by atoms with Gasteiger partial charge in [-0.3, -0.25) is 4.79 Å². The molecule has 20 heavy (non-hydrogen) atoms. The van der Waals surface area contributed by atoms with Gasteiger partial charge in [0.2, 0.25) is 0 Å². The van der Waals surface area contributed by atoms with Crippen LogP contribution in [0, 0.1) is 12.8 Å². The minimum Gasteiger partial charge on any atom is -0.348 e. The molecule has 0 aliphatic carbocycles. The molecule has 1 atom stereocenters. The van der Waals surface area contributed by atoms with Gasteiger partial charge in [-0.25, -0.2) is 0 Å². The van der Waals surface area contributed by atoms with Crippen LogP contribution in [0.3, 0.4) is 0 Å². The van der Waals surface area contributed by atoms with Crippen molar-refractivity contribution in [3.8, 4) is 0 Å². The summed E-state index contributed by atoms with van der Waals surface area (Å²) in [6.07, 6.45) is 3.45. The lowest BCUT2D eigenvalue weighted by Gasteiger charge is -2.45. The van der Waals surface area contributed by atoms with E-state index in [1.54, 1.807) is 0 Å². The second-order valence-corrected chi connectivity index (χ2v) is 6.16. The number of hydrogen-bond donors (Lipinski definition) is 1. The number of hydrogen-bond acceptors (Lipinski definition) is 2. The van der Waals surface area contributed by atoms with Gasteiger partial charge in [0.1, 0.15) is 0 Å². The fourth-order valence-electron chi connectivity index (χ4n) is 3.69. The van der Waals surface area contributed by atoms with E-state index in [0.717, 1.165) is 24.1 Å². The first-order valence-electron chi connectivity index (χ1n) is 7.80. The highest BCUT2D eigenvalue weighted by atomic mass is 16.1. The number of carbonyl (C=O) groups is 1. The van der Waals surface area contributed by atoms with Gasteiger partial charge >= 0.3 is 0 Å². The highest BCUT2D eigenvalue weighted by molar-refractivity contribution is 5.96. The van der Waals surface area contributed by atoms with Crippen LogP contribution in [0.5, 0.6) is 0 Å². The summed E-state index contributed by atoms with van der Waals surface area (Å²) in [6.45, 7) is 7.65. The van der Waals surface area contributed by atoms with Crippen LogP contribution in [-0.4, -0.2) is 36.5 Å². The molecule has 0 radical (unpaired) electrons. The highest BCUT2D eigenvalue weighted by Crippen LogP contribution is 2.27. The number of piperidine rings is 3. The minimum absolute atomic E-state index is 0.108. The van der Waals surface area contributed by atoms with Crippen LogP contribution in [0.2, 0.25) is 0 Å². The Hall–Kier alpha value is -1.35. The molecule has 3 fully saturated rings. The number of amides is 1. The predicted octanol–water partition coefficient (Wildman–Crippen LogP) is 2.38. The number of aryl methyl sites for hydroxylation is 1. The van der Waals surface area contributed by atoms with Crippen LogP contribution in [0.15, 0.2) is 18.2 Å². The fourth-order valence-corrected chi connectivity index (χ4v) is 3.69. The third-order valence-electron chi connectivity index (χ3n) is 5.04. The Kier molecular flexibility index (Phi) is 3.79. The van der Waals surface area contributed by atoms with Gasteiger partial charge in [-0.2, -0.15) is 0 Å². The molecule has 0 unspecified atom stereocenters. The number of rotatable bonds is 3. The van der Waals surface area contributed by atoms with Crippen molar-refractivity contribution < 1.29 is 4.79 Å². The molecule has 1 aromatic carbocycles. The van der Waals surface area contributed by atoms with Crippen LogP contribution >= 0.6 is 0 Å². The summed E-state index contributed by atoms with van der Waals surface area (Å²) >= 11 is 0. The standard InChI is InChI=1S/C17H24N2O/c1-3-13-5-4-6-15(12(13)2)17(20)18-16-11-19-9-7-14(16)8-10-19/h4-6,14,16H,3,7-11H2,1-2H3,(H,18,20)/t16-/m1/s1. The lowest BCUT2D eigenvalue weighted by Crippen LogP contribution is -2.57. The van der Waals surface area contributed by atoms with E-state index in [1.807, 2.05) is 12.1 Å². The van der Waals surface area contributed by atoms with Gasteiger partial charge in [0.25, 0.3) is 5.91 Å². The second kappa shape index (κ2) is 5.57. The van der Waals surface area contributed by atoms with Gasteiger partial charge in [0.15, 0.2) is 0 Å². The number of nitrogens with zero attached hydrogens (tertiary/aromatic N) is 1. The number of benzene rings is 1. The summed E-state index contributed by atoms with van der Waals surface area (Å²) in [6, 6.07) is 6.40. The predicted molar refractivity (Wildman–Crippen MR) is 81.0 cm³/mol. The maximum Gasteiger partial charge on any atom is 0.251 e. The van der Waals surface area contributed by atoms with Gasteiger partial charge in [-0.1, -0.05) is 19.1 Å². The molecule has 3 heterocycles. The van der Waals surface area contributed by atoms with E-state index in [4.69, 9.17) is 0 Å². The topological polar surface area (TPSA) is 32.3 Å². The van der Waals surface area contributed by atoms with Crippen molar-refractivity contribution in [1.82, 2.24) is 10.2 Å². The molecule has 3 saturated heterocycles. The number of nitrogens with one attached hydrogen (secondary N) is 1. The van der Waals surface area contributed by atoms with Gasteiger partial charge < -0.3 is 10.2 Å². The molecule has 0 spiro atoms. The van der Waals surface area contributed by atoms with Crippen molar-refractivity contribution in [3.63, 3.8) is 0 Å². The van der Waals surface area contributed by atoms with Gasteiger partial charge in [0.05, 0.1) is 0 Å². The fraction of sp³-hybridized carbons (Fsp3) is 0.588. The summed E-state index contributed by atoms with van der Waals surface area (Å²) < 4.78 is 0. The van der Waals surface area contributed by atoms with E-state index in [-0.39, 0.29) is 5.91 Å². The maximum atomic E-state index is 12.5. The van der Waals surface area contributed by atoms with E-state index in [0.29, 0.717) is 12.0 Å². The summed E-state index contributed by atoms with van der Waals surface area (Å²) in [5.74, 6) is 0.787. The zero-order valence-electron chi connectivity index (χ0n) is 12.5. The van der Waals surface area contributed by atoms with Crippen LogP contribution in [0.25, 0.3) is 0 Å². The molecule has 3 aliphatic rings. The van der Waals surface area contributed by atoms with Crippen molar-refractivity contribution in [2.75, 3.05) is 19.6 Å². The van der Waals surface area contributed by atoms with Crippen LogP contribution in [0.1, 0.15) is 41.3 Å². The van der Waals surface area contributed by atoms with E-state index >= 15 is 0 Å². The Balaban J connectivity index is 1.73. The lowest BCUT2D eigenvalue weighted by molar-refractivity contribution is 0.0620. The van der Waals surface area contributed by atoms with Crippen LogP contribution in [0.4, 0.5) is 0 Å². The van der Waals surface area contributed by atoms with E-state index in [1.165, 1.54) is 31.5 Å². The van der Waals surface area contributed by atoms with E-state index < -0.39 is 0 Å². The zero-order valence-corrected chi connectivity index (χ0v) is 12.5. The summed E-state index contributed by atoms with van der Waals surface area (Å²) in [7, 11) is 0. The van der Waals surface area contributed by atoms with E-state index in [9.17, 15) is 4.79 Å². The smallest absolute Gasteiger partial charge is 0.251 e. The number of fused-ring (bicyclic) bond motifs is 3. The first kappa shape index (κ1) is 13.6. The minimum atomic E-state index is 0.108. The normalized spacial score (nSPS) is 28.4. The molecule has 1 aromatic rings. The lowest BCUT2D eigenvalue weighted by atomic mass is 9.84.